The first-order valence-electron chi connectivity index (χ1n) is 10.7. The molecule has 3 aromatic rings. The van der Waals surface area contributed by atoms with Crippen LogP contribution in [0.25, 0.3) is 0 Å². The van der Waals surface area contributed by atoms with Crippen LogP contribution in [0.5, 0.6) is 11.5 Å². The van der Waals surface area contributed by atoms with Crippen LogP contribution < -0.4 is 14.8 Å². The highest BCUT2D eigenvalue weighted by Crippen LogP contribution is 2.35. The van der Waals surface area contributed by atoms with Crippen LogP contribution in [0.15, 0.2) is 71.7 Å². The number of hydrogen-bond donors (Lipinski definition) is 1. The third kappa shape index (κ3) is 5.26. The zero-order valence-electron chi connectivity index (χ0n) is 18.2. The Bertz CT molecular complexity index is 1320. The number of para-hydroxylation sites is 1. The van der Waals surface area contributed by atoms with Crippen molar-refractivity contribution in [3.05, 3.63) is 83.1 Å². The molecule has 2 amide bonds. The fourth-order valence-electron chi connectivity index (χ4n) is 3.62. The number of fused-ring (bicyclic) bond motifs is 1. The van der Waals surface area contributed by atoms with Crippen molar-refractivity contribution in [3.63, 3.8) is 0 Å². The van der Waals surface area contributed by atoms with Gasteiger partial charge < -0.3 is 14.8 Å². The van der Waals surface area contributed by atoms with E-state index in [1.165, 1.54) is 23.1 Å². The van der Waals surface area contributed by atoms with E-state index >= 15 is 0 Å². The van der Waals surface area contributed by atoms with Gasteiger partial charge in [0, 0.05) is 11.4 Å². The Kier molecular flexibility index (Phi) is 6.61. The fourth-order valence-corrected chi connectivity index (χ4v) is 4.84. The fraction of sp³-hybridized carbons (Fsp3) is 0.160. The van der Waals surface area contributed by atoms with E-state index in [2.05, 4.69) is 10.3 Å². The largest absolute Gasteiger partial charge is 0.454 e. The number of carbonyl (C=O) groups excluding carboxylic acids is 2. The standard InChI is InChI=1S/C25H19ClFN3O4S/c26-16-6-8-17(9-7-16)28-25-30(13-15-5-10-20-21(11-15)34-14-33-20)23(31)12-22(35-25)24(32)29-19-4-2-1-3-18(19)27/h1-11,22H,12-14H2,(H,29,32). The zero-order valence-corrected chi connectivity index (χ0v) is 19.8. The van der Waals surface area contributed by atoms with E-state index in [4.69, 9.17) is 21.1 Å². The third-order valence-corrected chi connectivity index (χ3v) is 6.83. The summed E-state index contributed by atoms with van der Waals surface area (Å²) < 4.78 is 24.8. The minimum Gasteiger partial charge on any atom is -0.454 e. The topological polar surface area (TPSA) is 80.2 Å². The number of carbonyl (C=O) groups is 2. The van der Waals surface area contributed by atoms with Crippen molar-refractivity contribution in [3.8, 4) is 11.5 Å². The van der Waals surface area contributed by atoms with Gasteiger partial charge in [-0.25, -0.2) is 9.38 Å². The van der Waals surface area contributed by atoms with Gasteiger partial charge in [0.05, 0.1) is 17.9 Å². The smallest absolute Gasteiger partial charge is 0.238 e. The van der Waals surface area contributed by atoms with Crippen LogP contribution in [0.4, 0.5) is 15.8 Å². The van der Waals surface area contributed by atoms with Gasteiger partial charge in [-0.3, -0.25) is 14.5 Å². The Morgan fingerprint density at radius 3 is 2.69 bits per heavy atom. The number of amides is 2. The summed E-state index contributed by atoms with van der Waals surface area (Å²) in [5, 5.41) is 2.71. The summed E-state index contributed by atoms with van der Waals surface area (Å²) in [6, 6.07) is 18.2. The van der Waals surface area contributed by atoms with E-state index in [0.717, 1.165) is 17.3 Å². The second kappa shape index (κ2) is 9.97. The summed E-state index contributed by atoms with van der Waals surface area (Å²) >= 11 is 7.14. The number of benzene rings is 3. The number of halogens is 2. The maximum absolute atomic E-state index is 14.0. The molecule has 2 aliphatic heterocycles. The molecule has 0 bridgehead atoms. The summed E-state index contributed by atoms with van der Waals surface area (Å²) in [5.41, 5.74) is 1.46. The van der Waals surface area contributed by atoms with Crippen molar-refractivity contribution in [2.75, 3.05) is 12.1 Å². The number of rotatable bonds is 5. The van der Waals surface area contributed by atoms with Gasteiger partial charge in [-0.2, -0.15) is 0 Å². The number of anilines is 1. The van der Waals surface area contributed by atoms with E-state index in [1.54, 1.807) is 36.4 Å². The molecule has 0 spiro atoms. The zero-order chi connectivity index (χ0) is 24.4. The van der Waals surface area contributed by atoms with Crippen molar-refractivity contribution in [1.29, 1.82) is 0 Å². The Morgan fingerprint density at radius 2 is 1.89 bits per heavy atom. The second-order valence-electron chi connectivity index (χ2n) is 7.82. The minimum absolute atomic E-state index is 0.0597. The van der Waals surface area contributed by atoms with Crippen molar-refractivity contribution in [2.45, 2.75) is 18.2 Å². The molecule has 178 valence electrons. The van der Waals surface area contributed by atoms with Crippen molar-refractivity contribution < 1.29 is 23.5 Å². The summed E-state index contributed by atoms with van der Waals surface area (Å²) in [7, 11) is 0. The minimum atomic E-state index is -0.777. The van der Waals surface area contributed by atoms with Crippen LogP contribution >= 0.6 is 23.4 Å². The number of amidine groups is 1. The number of aliphatic imine (C=N–C) groups is 1. The molecule has 0 radical (unpaired) electrons. The average Bonchev–Trinajstić information content (AvgIpc) is 3.32. The lowest BCUT2D eigenvalue weighted by molar-refractivity contribution is -0.129. The molecule has 5 rings (SSSR count). The predicted molar refractivity (Wildman–Crippen MR) is 133 cm³/mol. The molecule has 1 atom stereocenters. The molecule has 1 N–H and O–H groups in total. The van der Waals surface area contributed by atoms with Gasteiger partial charge in [0.15, 0.2) is 16.7 Å². The van der Waals surface area contributed by atoms with Crippen LogP contribution in [0.2, 0.25) is 5.02 Å². The Labute approximate surface area is 209 Å². The van der Waals surface area contributed by atoms with Crippen molar-refractivity contribution in [2.24, 2.45) is 4.99 Å². The quantitative estimate of drug-likeness (QED) is 0.498. The highest BCUT2D eigenvalue weighted by Gasteiger charge is 2.36. The number of hydrogen-bond acceptors (Lipinski definition) is 6. The van der Waals surface area contributed by atoms with E-state index in [0.29, 0.717) is 27.4 Å². The molecule has 7 nitrogen and oxygen atoms in total. The number of thioether (sulfide) groups is 1. The van der Waals surface area contributed by atoms with E-state index in [1.807, 2.05) is 12.1 Å². The van der Waals surface area contributed by atoms with Gasteiger partial charge in [-0.15, -0.1) is 0 Å². The lowest BCUT2D eigenvalue weighted by atomic mass is 10.1. The summed E-state index contributed by atoms with van der Waals surface area (Å²) in [6.07, 6.45) is -0.0604. The lowest BCUT2D eigenvalue weighted by Crippen LogP contribution is -2.44. The summed E-state index contributed by atoms with van der Waals surface area (Å²) in [5.74, 6) is -0.0405. The first-order valence-corrected chi connectivity index (χ1v) is 12.0. The molecule has 2 heterocycles. The van der Waals surface area contributed by atoms with Crippen LogP contribution in [-0.2, 0) is 16.1 Å². The van der Waals surface area contributed by atoms with Crippen molar-refractivity contribution in [1.82, 2.24) is 4.90 Å². The highest BCUT2D eigenvalue weighted by molar-refractivity contribution is 8.15. The first-order chi connectivity index (χ1) is 17.0. The molecule has 35 heavy (non-hydrogen) atoms. The van der Waals surface area contributed by atoms with Crippen LogP contribution in [0, 0.1) is 5.82 Å². The maximum Gasteiger partial charge on any atom is 0.238 e. The Balaban J connectivity index is 1.41. The monoisotopic (exact) mass is 511 g/mol. The number of nitrogens with zero attached hydrogens (tertiary/aromatic N) is 2. The van der Waals surface area contributed by atoms with Crippen LogP contribution in [-0.4, -0.2) is 33.9 Å². The summed E-state index contributed by atoms with van der Waals surface area (Å²) in [6.45, 7) is 0.385. The molecule has 0 aliphatic carbocycles. The van der Waals surface area contributed by atoms with Gasteiger partial charge in [0.1, 0.15) is 11.1 Å². The molecular weight excluding hydrogens is 493 g/mol. The Hall–Kier alpha value is -3.56. The molecular formula is C25H19ClFN3O4S. The second-order valence-corrected chi connectivity index (χ2v) is 9.42. The predicted octanol–water partition coefficient (Wildman–Crippen LogP) is 5.37. The maximum atomic E-state index is 14.0. The average molecular weight is 512 g/mol. The van der Waals surface area contributed by atoms with E-state index in [-0.39, 0.29) is 31.4 Å². The Morgan fingerprint density at radius 1 is 1.11 bits per heavy atom. The first kappa shape index (κ1) is 23.2. The SMILES string of the molecule is O=C(Nc1ccccc1F)C1CC(=O)N(Cc2ccc3c(c2)OCO3)C(=Nc2ccc(Cl)cc2)S1. The third-order valence-electron chi connectivity index (χ3n) is 5.39. The molecule has 10 heteroatoms. The molecule has 1 fully saturated rings. The molecule has 3 aromatic carbocycles. The highest BCUT2D eigenvalue weighted by atomic mass is 35.5. The van der Waals surface area contributed by atoms with Gasteiger partial charge in [0.2, 0.25) is 18.6 Å². The van der Waals surface area contributed by atoms with Crippen LogP contribution in [0.3, 0.4) is 0 Å². The molecule has 0 saturated carbocycles. The lowest BCUT2D eigenvalue weighted by Gasteiger charge is -2.32. The molecule has 1 saturated heterocycles. The molecule has 2 aliphatic rings. The molecule has 0 aromatic heterocycles. The number of nitrogens with one attached hydrogen (secondary N) is 1. The van der Waals surface area contributed by atoms with Gasteiger partial charge in [0.25, 0.3) is 0 Å². The normalized spacial score (nSPS) is 18.1. The van der Waals surface area contributed by atoms with E-state index in [9.17, 15) is 14.0 Å². The summed E-state index contributed by atoms with van der Waals surface area (Å²) in [4.78, 5) is 32.3. The molecule has 1 unspecified atom stereocenters. The van der Waals surface area contributed by atoms with Gasteiger partial charge in [-0.05, 0) is 54.1 Å². The van der Waals surface area contributed by atoms with E-state index < -0.39 is 17.0 Å². The van der Waals surface area contributed by atoms with Gasteiger partial charge >= 0.3 is 0 Å². The van der Waals surface area contributed by atoms with Crippen LogP contribution in [0.1, 0.15) is 12.0 Å². The number of ether oxygens (including phenoxy) is 2. The van der Waals surface area contributed by atoms with Crippen molar-refractivity contribution >= 4 is 51.7 Å². The van der Waals surface area contributed by atoms with Gasteiger partial charge in [-0.1, -0.05) is 41.6 Å².